The lowest BCUT2D eigenvalue weighted by molar-refractivity contribution is 0.740. The molecule has 5 heteroatoms. The number of rotatable bonds is 3. The third-order valence-electron chi connectivity index (χ3n) is 3.20. The Hall–Kier alpha value is -1.52. The Morgan fingerprint density at radius 2 is 2.12 bits per heavy atom. The maximum Gasteiger partial charge on any atom is 0.242 e. The van der Waals surface area contributed by atoms with Gasteiger partial charge in [0.15, 0.2) is 0 Å². The van der Waals surface area contributed by atoms with Crippen LogP contribution in [0.5, 0.6) is 0 Å². The minimum Gasteiger partial charge on any atom is -0.350 e. The molecule has 5 nitrogen and oxygen atoms in total. The first-order valence-electron chi connectivity index (χ1n) is 5.84. The Balaban J connectivity index is 1.63. The molecule has 0 saturated heterocycles. The van der Waals surface area contributed by atoms with Crippen LogP contribution in [0, 0.1) is 5.41 Å². The average molecular weight is 217 g/mol. The number of aromatic nitrogens is 3. The molecule has 16 heavy (non-hydrogen) atoms. The fraction of sp³-hybridized carbons (Fsp3) is 0.636. The van der Waals surface area contributed by atoms with Crippen LogP contribution in [0.1, 0.15) is 43.7 Å². The summed E-state index contributed by atoms with van der Waals surface area (Å²) < 4.78 is 0. The highest BCUT2D eigenvalue weighted by atomic mass is 15.2. The van der Waals surface area contributed by atoms with Crippen LogP contribution in [-0.4, -0.2) is 26.9 Å². The lowest BCUT2D eigenvalue weighted by Gasteiger charge is -2.10. The monoisotopic (exact) mass is 217 g/mol. The third kappa shape index (κ3) is 2.03. The van der Waals surface area contributed by atoms with Gasteiger partial charge in [-0.3, -0.25) is 0 Å². The lowest BCUT2D eigenvalue weighted by atomic mass is 10.2. The normalized spacial score (nSPS) is 24.8. The van der Waals surface area contributed by atoms with E-state index < -0.39 is 0 Å². The Bertz CT molecular complexity index is 395. The van der Waals surface area contributed by atoms with Gasteiger partial charge in [0.25, 0.3) is 0 Å². The molecule has 2 saturated carbocycles. The standard InChI is InChI=1S/C11H15N5/c12-8-3-4-9(5-8)14-11-13-6-10(15-16-11)7-1-2-7/h6-7,9,12H,1-5H2,(H,13,14,16)/t9-/m0/s1. The maximum atomic E-state index is 7.55. The molecule has 0 aromatic carbocycles. The highest BCUT2D eigenvalue weighted by Crippen LogP contribution is 2.38. The van der Waals surface area contributed by atoms with Crippen LogP contribution in [0.25, 0.3) is 0 Å². The molecule has 0 amide bonds. The van der Waals surface area contributed by atoms with Gasteiger partial charge < -0.3 is 10.7 Å². The van der Waals surface area contributed by atoms with Gasteiger partial charge in [-0.05, 0) is 25.7 Å². The summed E-state index contributed by atoms with van der Waals surface area (Å²) in [6.45, 7) is 0. The van der Waals surface area contributed by atoms with Crippen LogP contribution in [0.15, 0.2) is 6.20 Å². The molecular weight excluding hydrogens is 202 g/mol. The fourth-order valence-corrected chi connectivity index (χ4v) is 2.07. The molecule has 3 rings (SSSR count). The van der Waals surface area contributed by atoms with Crippen molar-refractivity contribution in [3.05, 3.63) is 11.9 Å². The van der Waals surface area contributed by atoms with Crippen molar-refractivity contribution in [2.45, 2.75) is 44.1 Å². The molecule has 0 unspecified atom stereocenters. The second-order valence-corrected chi connectivity index (χ2v) is 4.67. The van der Waals surface area contributed by atoms with Gasteiger partial charge >= 0.3 is 0 Å². The number of hydrogen-bond donors (Lipinski definition) is 2. The van der Waals surface area contributed by atoms with Crippen LogP contribution < -0.4 is 5.32 Å². The molecule has 1 heterocycles. The summed E-state index contributed by atoms with van der Waals surface area (Å²) in [5.41, 5.74) is 1.84. The van der Waals surface area contributed by atoms with Crippen molar-refractivity contribution in [1.29, 1.82) is 5.41 Å². The van der Waals surface area contributed by atoms with E-state index in [1.165, 1.54) is 12.8 Å². The van der Waals surface area contributed by atoms with Gasteiger partial charge in [0.2, 0.25) is 5.95 Å². The molecule has 84 valence electrons. The zero-order valence-electron chi connectivity index (χ0n) is 9.11. The fourth-order valence-electron chi connectivity index (χ4n) is 2.07. The van der Waals surface area contributed by atoms with Crippen molar-refractivity contribution in [1.82, 2.24) is 15.2 Å². The van der Waals surface area contributed by atoms with Crippen molar-refractivity contribution in [3.63, 3.8) is 0 Å². The van der Waals surface area contributed by atoms with Gasteiger partial charge in [-0.2, -0.15) is 0 Å². The lowest BCUT2D eigenvalue weighted by Crippen LogP contribution is -2.18. The van der Waals surface area contributed by atoms with Crippen LogP contribution >= 0.6 is 0 Å². The van der Waals surface area contributed by atoms with E-state index in [-0.39, 0.29) is 0 Å². The van der Waals surface area contributed by atoms with Crippen molar-refractivity contribution < 1.29 is 0 Å². The van der Waals surface area contributed by atoms with E-state index in [2.05, 4.69) is 20.5 Å². The summed E-state index contributed by atoms with van der Waals surface area (Å²) >= 11 is 0. The summed E-state index contributed by atoms with van der Waals surface area (Å²) in [4.78, 5) is 4.27. The summed E-state index contributed by atoms with van der Waals surface area (Å²) in [6.07, 6.45) is 6.99. The topological polar surface area (TPSA) is 74.6 Å². The van der Waals surface area contributed by atoms with Gasteiger partial charge in [-0.15, -0.1) is 10.2 Å². The summed E-state index contributed by atoms with van der Waals surface area (Å²) in [5, 5.41) is 19.0. The van der Waals surface area contributed by atoms with Crippen molar-refractivity contribution >= 4 is 11.7 Å². The van der Waals surface area contributed by atoms with E-state index in [0.29, 0.717) is 17.9 Å². The van der Waals surface area contributed by atoms with Crippen molar-refractivity contribution in [2.24, 2.45) is 0 Å². The molecule has 2 aliphatic rings. The second-order valence-electron chi connectivity index (χ2n) is 4.67. The molecule has 2 N–H and O–H groups in total. The molecule has 0 radical (unpaired) electrons. The first-order valence-corrected chi connectivity index (χ1v) is 5.84. The molecule has 0 spiro atoms. The molecule has 1 aromatic rings. The Kier molecular flexibility index (Phi) is 2.31. The van der Waals surface area contributed by atoms with Gasteiger partial charge in [-0.1, -0.05) is 0 Å². The number of nitrogens with one attached hydrogen (secondary N) is 2. The Morgan fingerprint density at radius 1 is 1.25 bits per heavy atom. The van der Waals surface area contributed by atoms with E-state index in [1.807, 2.05) is 6.20 Å². The highest BCUT2D eigenvalue weighted by Gasteiger charge is 2.26. The second kappa shape index (κ2) is 3.81. The number of nitrogens with zero attached hydrogens (tertiary/aromatic N) is 3. The van der Waals surface area contributed by atoms with Gasteiger partial charge in [0.1, 0.15) is 0 Å². The van der Waals surface area contributed by atoms with Crippen LogP contribution in [0.4, 0.5) is 5.95 Å². The number of anilines is 1. The molecule has 1 atom stereocenters. The van der Waals surface area contributed by atoms with Crippen LogP contribution in [0.2, 0.25) is 0 Å². The van der Waals surface area contributed by atoms with Crippen LogP contribution in [-0.2, 0) is 0 Å². The molecule has 2 aliphatic carbocycles. The Morgan fingerprint density at radius 3 is 2.69 bits per heavy atom. The molecule has 2 fully saturated rings. The SMILES string of the molecule is N=C1CC[C@H](Nc2ncc(C3CC3)nn2)C1. The zero-order chi connectivity index (χ0) is 11.0. The largest absolute Gasteiger partial charge is 0.350 e. The highest BCUT2D eigenvalue weighted by molar-refractivity contribution is 5.84. The van der Waals surface area contributed by atoms with Crippen molar-refractivity contribution in [2.75, 3.05) is 5.32 Å². The van der Waals surface area contributed by atoms with Crippen molar-refractivity contribution in [3.8, 4) is 0 Å². The Labute approximate surface area is 94.2 Å². The summed E-state index contributed by atoms with van der Waals surface area (Å²) in [7, 11) is 0. The molecular formula is C11H15N5. The van der Waals surface area contributed by atoms with E-state index in [1.54, 1.807) is 0 Å². The quantitative estimate of drug-likeness (QED) is 0.808. The maximum absolute atomic E-state index is 7.55. The molecule has 1 aromatic heterocycles. The first kappa shape index (κ1) is 9.69. The first-order chi connectivity index (χ1) is 7.81. The average Bonchev–Trinajstić information content (AvgIpc) is 3.05. The van der Waals surface area contributed by atoms with E-state index in [4.69, 9.17) is 5.41 Å². The minimum absolute atomic E-state index is 0.320. The minimum atomic E-state index is 0.320. The zero-order valence-corrected chi connectivity index (χ0v) is 9.11. The van der Waals surface area contributed by atoms with E-state index in [0.717, 1.165) is 30.7 Å². The summed E-state index contributed by atoms with van der Waals surface area (Å²) in [6, 6.07) is 0.320. The van der Waals surface area contributed by atoms with E-state index in [9.17, 15) is 0 Å². The predicted octanol–water partition coefficient (Wildman–Crippen LogP) is 1.73. The van der Waals surface area contributed by atoms with Gasteiger partial charge in [0.05, 0.1) is 11.9 Å². The molecule has 0 bridgehead atoms. The van der Waals surface area contributed by atoms with Crippen LogP contribution in [0.3, 0.4) is 0 Å². The smallest absolute Gasteiger partial charge is 0.242 e. The van der Waals surface area contributed by atoms with Gasteiger partial charge in [0, 0.05) is 24.1 Å². The van der Waals surface area contributed by atoms with E-state index >= 15 is 0 Å². The van der Waals surface area contributed by atoms with Gasteiger partial charge in [-0.25, -0.2) is 4.98 Å². The summed E-state index contributed by atoms with van der Waals surface area (Å²) in [5.74, 6) is 1.21. The number of hydrogen-bond acceptors (Lipinski definition) is 5. The third-order valence-corrected chi connectivity index (χ3v) is 3.20. The molecule has 0 aliphatic heterocycles. The predicted molar refractivity (Wildman–Crippen MR) is 60.8 cm³/mol.